The summed E-state index contributed by atoms with van der Waals surface area (Å²) >= 11 is 0. The first-order valence-electron chi connectivity index (χ1n) is 13.7. The van der Waals surface area contributed by atoms with Gasteiger partial charge in [0.25, 0.3) is 5.69 Å². The molecule has 2 atom stereocenters. The molecule has 0 aliphatic heterocycles. The molecular weight excluding hydrogens is 508 g/mol. The number of nitro benzene ring substituents is 1. The predicted molar refractivity (Wildman–Crippen MR) is 154 cm³/mol. The number of non-ortho nitro benzene ring substituents is 1. The minimum Gasteiger partial charge on any atom is -0.486 e. The van der Waals surface area contributed by atoms with Gasteiger partial charge in [-0.15, -0.1) is 0 Å². The number of aryl methyl sites for hydroxylation is 1. The van der Waals surface area contributed by atoms with Gasteiger partial charge < -0.3 is 14.4 Å². The van der Waals surface area contributed by atoms with E-state index in [0.29, 0.717) is 36.3 Å². The quantitative estimate of drug-likeness (QED) is 0.0998. The minimum absolute atomic E-state index is 0.0364. The molecule has 0 aliphatic carbocycles. The van der Waals surface area contributed by atoms with E-state index in [2.05, 4.69) is 6.92 Å². The minimum atomic E-state index is -0.803. The van der Waals surface area contributed by atoms with Gasteiger partial charge in [0, 0.05) is 46.9 Å². The Morgan fingerprint density at radius 3 is 2.30 bits per heavy atom. The van der Waals surface area contributed by atoms with Crippen LogP contribution >= 0.6 is 0 Å². The second kappa shape index (κ2) is 13.1. The molecule has 208 valence electrons. The van der Waals surface area contributed by atoms with Crippen LogP contribution in [-0.2, 0) is 11.3 Å². The zero-order valence-electron chi connectivity index (χ0n) is 22.8. The highest BCUT2D eigenvalue weighted by Crippen LogP contribution is 2.30. The van der Waals surface area contributed by atoms with Crippen LogP contribution < -0.4 is 4.74 Å². The number of hydrogen-bond donors (Lipinski definition) is 1. The maximum absolute atomic E-state index is 13.6. The SMILES string of the molecule is CCCCC(Oc1ccc(C(=O)c2cn(CCC(CC)C(=O)O)c3ccccc23)cc1)c1ccc([N+](=O)[O-])cc1. The average Bonchev–Trinajstić information content (AvgIpc) is 3.34. The lowest BCUT2D eigenvalue weighted by Crippen LogP contribution is -2.15. The number of nitrogens with zero attached hydrogens (tertiary/aromatic N) is 2. The molecule has 4 rings (SSSR count). The summed E-state index contributed by atoms with van der Waals surface area (Å²) in [7, 11) is 0. The van der Waals surface area contributed by atoms with Gasteiger partial charge in [-0.2, -0.15) is 0 Å². The maximum Gasteiger partial charge on any atom is 0.306 e. The van der Waals surface area contributed by atoms with E-state index < -0.39 is 16.8 Å². The molecule has 0 amide bonds. The zero-order chi connectivity index (χ0) is 28.6. The Morgan fingerprint density at radius 1 is 0.975 bits per heavy atom. The van der Waals surface area contributed by atoms with Gasteiger partial charge in [-0.1, -0.05) is 38.5 Å². The fraction of sp³-hybridized carbons (Fsp3) is 0.312. The first-order valence-corrected chi connectivity index (χ1v) is 13.7. The van der Waals surface area contributed by atoms with E-state index in [1.807, 2.05) is 42.0 Å². The van der Waals surface area contributed by atoms with Crippen LogP contribution in [0.3, 0.4) is 0 Å². The van der Waals surface area contributed by atoms with Crippen LogP contribution in [0.4, 0.5) is 5.69 Å². The summed E-state index contributed by atoms with van der Waals surface area (Å²) in [4.78, 5) is 35.6. The first-order chi connectivity index (χ1) is 19.3. The van der Waals surface area contributed by atoms with Gasteiger partial charge >= 0.3 is 5.97 Å². The summed E-state index contributed by atoms with van der Waals surface area (Å²) in [5.41, 5.74) is 2.88. The molecule has 1 N–H and O–H groups in total. The molecule has 1 aromatic heterocycles. The van der Waals surface area contributed by atoms with Crippen molar-refractivity contribution in [1.29, 1.82) is 0 Å². The molecule has 8 heteroatoms. The summed E-state index contributed by atoms with van der Waals surface area (Å²) < 4.78 is 8.24. The molecular formula is C32H34N2O6. The second-order valence-corrected chi connectivity index (χ2v) is 9.94. The van der Waals surface area contributed by atoms with Crippen LogP contribution in [0.15, 0.2) is 79.0 Å². The molecule has 40 heavy (non-hydrogen) atoms. The van der Waals surface area contributed by atoms with Gasteiger partial charge in [0.2, 0.25) is 0 Å². The van der Waals surface area contributed by atoms with E-state index in [0.717, 1.165) is 35.7 Å². The van der Waals surface area contributed by atoms with E-state index in [4.69, 9.17) is 4.74 Å². The number of hydrogen-bond acceptors (Lipinski definition) is 5. The van der Waals surface area contributed by atoms with Crippen molar-refractivity contribution in [3.63, 3.8) is 0 Å². The van der Waals surface area contributed by atoms with Gasteiger partial charge in [0.05, 0.1) is 10.8 Å². The Kier molecular flexibility index (Phi) is 9.32. The summed E-state index contributed by atoms with van der Waals surface area (Å²) in [6.07, 6.45) is 5.28. The lowest BCUT2D eigenvalue weighted by atomic mass is 10.0. The highest BCUT2D eigenvalue weighted by atomic mass is 16.6. The topological polar surface area (TPSA) is 112 Å². The van der Waals surface area contributed by atoms with Crippen molar-refractivity contribution in [3.05, 3.63) is 106 Å². The molecule has 0 bridgehead atoms. The van der Waals surface area contributed by atoms with Crippen LogP contribution in [0.25, 0.3) is 10.9 Å². The third kappa shape index (κ3) is 6.57. The molecule has 0 saturated carbocycles. The zero-order valence-corrected chi connectivity index (χ0v) is 22.8. The lowest BCUT2D eigenvalue weighted by molar-refractivity contribution is -0.384. The second-order valence-electron chi connectivity index (χ2n) is 9.94. The number of carboxylic acid groups (broad SMARTS) is 1. The molecule has 0 aliphatic rings. The molecule has 0 fully saturated rings. The summed E-state index contributed by atoms with van der Waals surface area (Å²) in [6.45, 7) is 4.47. The first kappa shape index (κ1) is 28.5. The highest BCUT2D eigenvalue weighted by molar-refractivity contribution is 6.16. The Bertz CT molecular complexity index is 1470. The average molecular weight is 543 g/mol. The molecule has 8 nitrogen and oxygen atoms in total. The van der Waals surface area contributed by atoms with Crippen molar-refractivity contribution < 1.29 is 24.4 Å². The third-order valence-electron chi connectivity index (χ3n) is 7.28. The number of benzene rings is 3. The number of aliphatic carboxylic acids is 1. The Hall–Kier alpha value is -4.46. The maximum atomic E-state index is 13.6. The standard InChI is InChI=1S/C32H34N2O6/c1-3-5-10-30(23-11-15-25(16-12-23)34(38)39)40-26-17-13-24(14-18-26)31(35)28-21-33(20-19-22(4-2)32(36)37)29-9-7-6-8-27(28)29/h6-9,11-18,21-22,30H,3-5,10,19-20H2,1-2H3,(H,36,37). The number of ketones is 1. The number of para-hydroxylation sites is 1. The fourth-order valence-electron chi connectivity index (χ4n) is 4.91. The van der Waals surface area contributed by atoms with Crippen molar-refractivity contribution in [2.24, 2.45) is 5.92 Å². The Balaban J connectivity index is 1.53. The number of unbranched alkanes of at least 4 members (excludes halogenated alkanes) is 1. The number of carbonyl (C=O) groups is 2. The number of carboxylic acids is 1. The van der Waals surface area contributed by atoms with E-state index in [1.54, 1.807) is 36.4 Å². The van der Waals surface area contributed by atoms with Crippen molar-refractivity contribution in [3.8, 4) is 5.75 Å². The van der Waals surface area contributed by atoms with Gasteiger partial charge in [0.1, 0.15) is 11.9 Å². The lowest BCUT2D eigenvalue weighted by Gasteiger charge is -2.19. The van der Waals surface area contributed by atoms with E-state index >= 15 is 0 Å². The van der Waals surface area contributed by atoms with Crippen LogP contribution in [0, 0.1) is 16.0 Å². The van der Waals surface area contributed by atoms with Crippen molar-refractivity contribution >= 4 is 28.3 Å². The van der Waals surface area contributed by atoms with Gasteiger partial charge in [-0.3, -0.25) is 19.7 Å². The van der Waals surface area contributed by atoms with Crippen molar-refractivity contribution in [2.45, 2.75) is 58.6 Å². The smallest absolute Gasteiger partial charge is 0.306 e. The van der Waals surface area contributed by atoms with E-state index in [1.165, 1.54) is 12.1 Å². The number of nitro groups is 1. The molecule has 4 aromatic rings. The Morgan fingerprint density at radius 2 is 1.68 bits per heavy atom. The number of carbonyl (C=O) groups excluding carboxylic acids is 1. The monoisotopic (exact) mass is 542 g/mol. The van der Waals surface area contributed by atoms with Gasteiger partial charge in [-0.05, 0) is 73.7 Å². The Labute approximate surface area is 233 Å². The predicted octanol–water partition coefficient (Wildman–Crippen LogP) is 7.59. The van der Waals surface area contributed by atoms with Crippen molar-refractivity contribution in [2.75, 3.05) is 0 Å². The molecule has 0 radical (unpaired) electrons. The number of rotatable bonds is 14. The molecule has 0 saturated heterocycles. The fourth-order valence-corrected chi connectivity index (χ4v) is 4.91. The molecule has 3 aromatic carbocycles. The van der Waals surface area contributed by atoms with E-state index in [-0.39, 0.29) is 17.6 Å². The molecule has 0 spiro atoms. The van der Waals surface area contributed by atoms with Crippen LogP contribution in [0.5, 0.6) is 5.75 Å². The highest BCUT2D eigenvalue weighted by Gasteiger charge is 2.20. The summed E-state index contributed by atoms with van der Waals surface area (Å²) in [5.74, 6) is -0.745. The van der Waals surface area contributed by atoms with Crippen LogP contribution in [0.2, 0.25) is 0 Å². The van der Waals surface area contributed by atoms with Crippen LogP contribution in [-0.4, -0.2) is 26.3 Å². The van der Waals surface area contributed by atoms with E-state index in [9.17, 15) is 24.8 Å². The number of fused-ring (bicyclic) bond motifs is 1. The molecule has 1 heterocycles. The largest absolute Gasteiger partial charge is 0.486 e. The number of ether oxygens (including phenoxy) is 1. The van der Waals surface area contributed by atoms with Crippen molar-refractivity contribution in [1.82, 2.24) is 4.57 Å². The third-order valence-corrected chi connectivity index (χ3v) is 7.28. The summed E-state index contributed by atoms with van der Waals surface area (Å²) in [5, 5.41) is 21.3. The van der Waals surface area contributed by atoms with Gasteiger partial charge in [-0.25, -0.2) is 0 Å². The molecule has 2 unspecified atom stereocenters. The van der Waals surface area contributed by atoms with Crippen LogP contribution in [0.1, 0.15) is 73.5 Å². The normalized spacial score (nSPS) is 12.7. The number of aromatic nitrogens is 1. The summed E-state index contributed by atoms with van der Waals surface area (Å²) in [6, 6.07) is 21.1. The van der Waals surface area contributed by atoms with Gasteiger partial charge in [0.15, 0.2) is 5.78 Å².